The van der Waals surface area contributed by atoms with E-state index in [-0.39, 0.29) is 11.4 Å². The Bertz CT molecular complexity index is 616. The maximum absolute atomic E-state index is 12.7. The fourth-order valence-electron chi connectivity index (χ4n) is 3.20. The smallest absolute Gasteiger partial charge is 0.217 e. The van der Waals surface area contributed by atoms with Crippen LogP contribution < -0.4 is 5.32 Å². The Hall–Kier alpha value is -1.25. The minimum absolute atomic E-state index is 0.225. The maximum Gasteiger partial charge on any atom is 0.217 e. The predicted octanol–water partition coefficient (Wildman–Crippen LogP) is 1.16. The molecule has 2 heterocycles. The molecule has 0 aromatic carbocycles. The van der Waals surface area contributed by atoms with E-state index in [1.165, 1.54) is 0 Å². The number of aromatic nitrogens is 2. The van der Waals surface area contributed by atoms with Crippen LogP contribution in [0.2, 0.25) is 0 Å². The van der Waals surface area contributed by atoms with Crippen molar-refractivity contribution in [2.75, 3.05) is 32.1 Å². The Balaban J connectivity index is 1.79. The van der Waals surface area contributed by atoms with E-state index < -0.39 is 10.0 Å². The topological polar surface area (TPSA) is 84.4 Å². The molecular weight excluding hydrogens is 304 g/mol. The number of ether oxygens (including phenoxy) is 1. The lowest BCUT2D eigenvalue weighted by Gasteiger charge is -2.33. The summed E-state index contributed by atoms with van der Waals surface area (Å²) in [6.45, 7) is 1.12. The van der Waals surface area contributed by atoms with Crippen LogP contribution in [0.25, 0.3) is 0 Å². The van der Waals surface area contributed by atoms with Crippen molar-refractivity contribution in [1.29, 1.82) is 0 Å². The van der Waals surface area contributed by atoms with Crippen LogP contribution in [0, 0.1) is 0 Å². The average molecular weight is 326 g/mol. The van der Waals surface area contributed by atoms with Gasteiger partial charge in [-0.1, -0.05) is 12.8 Å². The number of nitrogens with one attached hydrogen (secondary N) is 1. The number of hydrogen-bond donors (Lipinski definition) is 1. The Kier molecular flexibility index (Phi) is 4.60. The van der Waals surface area contributed by atoms with Gasteiger partial charge in [-0.2, -0.15) is 4.31 Å². The van der Waals surface area contributed by atoms with Gasteiger partial charge in [0, 0.05) is 32.5 Å². The molecule has 1 aliphatic carbocycles. The number of anilines is 1. The van der Waals surface area contributed by atoms with E-state index in [1.54, 1.807) is 23.7 Å². The van der Waals surface area contributed by atoms with Gasteiger partial charge < -0.3 is 10.1 Å². The molecule has 2 aliphatic rings. The van der Waals surface area contributed by atoms with E-state index >= 15 is 0 Å². The first kappa shape index (κ1) is 15.6. The minimum Gasteiger partial charge on any atom is -0.372 e. The summed E-state index contributed by atoms with van der Waals surface area (Å²) < 4.78 is 32.8. The molecule has 0 spiro atoms. The molecule has 0 bridgehead atoms. The van der Waals surface area contributed by atoms with Crippen LogP contribution in [-0.4, -0.2) is 54.7 Å². The summed E-state index contributed by atoms with van der Waals surface area (Å²) in [5.74, 6) is 0.632. The molecular formula is C14H22N4O3S. The second-order valence-electron chi connectivity index (χ2n) is 5.71. The molecule has 1 N–H and O–H groups in total. The van der Waals surface area contributed by atoms with Crippen molar-refractivity contribution in [1.82, 2.24) is 14.3 Å². The standard InChI is InChI=1S/C14H22N4O3S/c1-15-14-13(16-6-7-17-14)12-10-18(8-9-21-12)22(19,20)11-4-2-3-5-11/h6-7,11-12H,2-5,8-10H2,1H3,(H,15,17)/t12-/m1/s1. The number of nitrogens with zero attached hydrogens (tertiary/aromatic N) is 3. The summed E-state index contributed by atoms with van der Waals surface area (Å²) in [6, 6.07) is 0. The third-order valence-corrected chi connectivity index (χ3v) is 6.75. The quantitative estimate of drug-likeness (QED) is 0.894. The van der Waals surface area contributed by atoms with Gasteiger partial charge in [-0.3, -0.25) is 4.98 Å². The van der Waals surface area contributed by atoms with Gasteiger partial charge in [0.25, 0.3) is 0 Å². The van der Waals surface area contributed by atoms with Crippen LogP contribution in [0.5, 0.6) is 0 Å². The van der Waals surface area contributed by atoms with Gasteiger partial charge >= 0.3 is 0 Å². The molecule has 122 valence electrons. The van der Waals surface area contributed by atoms with Crippen LogP contribution >= 0.6 is 0 Å². The summed E-state index contributed by atoms with van der Waals surface area (Å²) >= 11 is 0. The maximum atomic E-state index is 12.7. The number of sulfonamides is 1. The number of rotatable bonds is 4. The first-order chi connectivity index (χ1) is 10.6. The first-order valence-corrected chi connectivity index (χ1v) is 9.22. The zero-order valence-electron chi connectivity index (χ0n) is 12.7. The Morgan fingerprint density at radius 1 is 1.27 bits per heavy atom. The Morgan fingerprint density at radius 2 is 2.00 bits per heavy atom. The van der Waals surface area contributed by atoms with Gasteiger partial charge in [0.2, 0.25) is 10.0 Å². The van der Waals surface area contributed by atoms with E-state index in [0.29, 0.717) is 31.2 Å². The summed E-state index contributed by atoms with van der Waals surface area (Å²) in [5, 5.41) is 2.75. The lowest BCUT2D eigenvalue weighted by molar-refractivity contribution is -0.00495. The molecule has 7 nitrogen and oxygen atoms in total. The van der Waals surface area contributed by atoms with Crippen LogP contribution in [-0.2, 0) is 14.8 Å². The highest BCUT2D eigenvalue weighted by atomic mass is 32.2. The second kappa shape index (κ2) is 6.47. The largest absolute Gasteiger partial charge is 0.372 e. The van der Waals surface area contributed by atoms with Crippen molar-refractivity contribution in [3.8, 4) is 0 Å². The molecule has 0 unspecified atom stereocenters. The summed E-state index contributed by atoms with van der Waals surface area (Å²) in [5.41, 5.74) is 0.663. The zero-order valence-corrected chi connectivity index (χ0v) is 13.6. The van der Waals surface area contributed by atoms with Gasteiger partial charge in [-0.05, 0) is 12.8 Å². The molecule has 1 aliphatic heterocycles. The van der Waals surface area contributed by atoms with E-state index in [2.05, 4.69) is 15.3 Å². The third-order valence-electron chi connectivity index (χ3n) is 4.38. The lowest BCUT2D eigenvalue weighted by Crippen LogP contribution is -2.46. The molecule has 8 heteroatoms. The SMILES string of the molecule is CNc1nccnc1[C@H]1CN(S(=O)(=O)C2CCCC2)CCO1. The fourth-order valence-corrected chi connectivity index (χ4v) is 5.22. The van der Waals surface area contributed by atoms with Crippen molar-refractivity contribution in [3.05, 3.63) is 18.1 Å². The first-order valence-electron chi connectivity index (χ1n) is 7.72. The molecule has 1 saturated carbocycles. The summed E-state index contributed by atoms with van der Waals surface area (Å²) in [6.07, 6.45) is 6.39. The Morgan fingerprint density at radius 3 is 2.73 bits per heavy atom. The van der Waals surface area contributed by atoms with Gasteiger partial charge in [-0.25, -0.2) is 13.4 Å². The average Bonchev–Trinajstić information content (AvgIpc) is 3.10. The number of hydrogen-bond acceptors (Lipinski definition) is 6. The Labute approximate surface area is 131 Å². The zero-order chi connectivity index (χ0) is 15.6. The van der Waals surface area contributed by atoms with Gasteiger partial charge in [0.15, 0.2) is 0 Å². The molecule has 3 rings (SSSR count). The molecule has 0 amide bonds. The van der Waals surface area contributed by atoms with Crippen molar-refractivity contribution < 1.29 is 13.2 Å². The third kappa shape index (κ3) is 2.95. The summed E-state index contributed by atoms with van der Waals surface area (Å²) in [7, 11) is -1.47. The predicted molar refractivity (Wildman–Crippen MR) is 83.0 cm³/mol. The monoisotopic (exact) mass is 326 g/mol. The van der Waals surface area contributed by atoms with Crippen molar-refractivity contribution in [3.63, 3.8) is 0 Å². The molecule has 1 atom stereocenters. The van der Waals surface area contributed by atoms with Crippen molar-refractivity contribution in [2.24, 2.45) is 0 Å². The highest BCUT2D eigenvalue weighted by Crippen LogP contribution is 2.31. The van der Waals surface area contributed by atoms with Crippen LogP contribution in [0.1, 0.15) is 37.5 Å². The van der Waals surface area contributed by atoms with E-state index in [0.717, 1.165) is 25.7 Å². The van der Waals surface area contributed by atoms with Crippen LogP contribution in [0.4, 0.5) is 5.82 Å². The molecule has 1 aromatic heterocycles. The van der Waals surface area contributed by atoms with Gasteiger partial charge in [-0.15, -0.1) is 0 Å². The fraction of sp³-hybridized carbons (Fsp3) is 0.714. The highest BCUT2D eigenvalue weighted by Gasteiger charge is 2.38. The van der Waals surface area contributed by atoms with Crippen LogP contribution in [0.3, 0.4) is 0 Å². The van der Waals surface area contributed by atoms with E-state index in [9.17, 15) is 8.42 Å². The molecule has 22 heavy (non-hydrogen) atoms. The summed E-state index contributed by atoms with van der Waals surface area (Å²) in [4.78, 5) is 8.53. The molecule has 1 saturated heterocycles. The normalized spacial score (nSPS) is 24.5. The molecule has 1 aromatic rings. The highest BCUT2D eigenvalue weighted by molar-refractivity contribution is 7.89. The minimum atomic E-state index is -3.24. The second-order valence-corrected chi connectivity index (χ2v) is 7.92. The molecule has 2 fully saturated rings. The van der Waals surface area contributed by atoms with Gasteiger partial charge in [0.1, 0.15) is 17.6 Å². The lowest BCUT2D eigenvalue weighted by atomic mass is 10.2. The van der Waals surface area contributed by atoms with Crippen molar-refractivity contribution in [2.45, 2.75) is 37.0 Å². The van der Waals surface area contributed by atoms with Crippen molar-refractivity contribution >= 4 is 15.8 Å². The van der Waals surface area contributed by atoms with E-state index in [4.69, 9.17) is 4.74 Å². The van der Waals surface area contributed by atoms with Crippen LogP contribution in [0.15, 0.2) is 12.4 Å². The van der Waals surface area contributed by atoms with Gasteiger partial charge in [0.05, 0.1) is 11.9 Å². The van der Waals surface area contributed by atoms with E-state index in [1.807, 2.05) is 0 Å². The number of morpholine rings is 1. The molecule has 0 radical (unpaired) electrons.